The van der Waals surface area contributed by atoms with Crippen molar-refractivity contribution >= 4 is 20.9 Å². The number of carbonyl (C=O) groups excluding carboxylic acids is 1. The summed E-state index contributed by atoms with van der Waals surface area (Å²) < 4.78 is 0. The third-order valence-electron chi connectivity index (χ3n) is 4.47. The van der Waals surface area contributed by atoms with E-state index < -0.39 is 0 Å². The van der Waals surface area contributed by atoms with Gasteiger partial charge in [-0.05, 0) is 0 Å². The van der Waals surface area contributed by atoms with Gasteiger partial charge in [-0.2, -0.15) is 0 Å². The number of carbonyl (C=O) groups is 1. The molecule has 1 amide bonds. The van der Waals surface area contributed by atoms with E-state index in [4.69, 9.17) is 0 Å². The predicted molar refractivity (Wildman–Crippen MR) is 109 cm³/mol. The Morgan fingerprint density at radius 1 is 0.667 bits per heavy atom. The molecule has 24 heavy (non-hydrogen) atoms. The van der Waals surface area contributed by atoms with Crippen molar-refractivity contribution in [2.24, 2.45) is 0 Å². The van der Waals surface area contributed by atoms with Crippen LogP contribution in [0.2, 0.25) is 10.6 Å². The molecule has 2 nitrogen and oxygen atoms in total. The third-order valence-corrected chi connectivity index (χ3v) is 6.71. The summed E-state index contributed by atoms with van der Waals surface area (Å²) in [5, 5.41) is 5.65. The van der Waals surface area contributed by atoms with Crippen LogP contribution in [-0.2, 0) is 4.79 Å². The standard InChI is InChI=1S/C21H43NOSe/c1-3-5-7-8-9-10-11-12-13-14-15-16-19-24-20-18-22-21(23)17-6-4-2/h3-20H2,1-2H3,(H,22,23). The van der Waals surface area contributed by atoms with Crippen molar-refractivity contribution in [1.82, 2.24) is 5.32 Å². The Morgan fingerprint density at radius 3 is 1.71 bits per heavy atom. The molecule has 0 unspecified atom stereocenters. The number of amides is 1. The molecule has 0 spiro atoms. The Labute approximate surface area is 158 Å². The molecule has 0 aromatic carbocycles. The Hall–Kier alpha value is -0.0105. The summed E-state index contributed by atoms with van der Waals surface area (Å²) in [6.45, 7) is 5.32. The van der Waals surface area contributed by atoms with Gasteiger partial charge in [-0.3, -0.25) is 0 Å². The van der Waals surface area contributed by atoms with E-state index in [0.717, 1.165) is 34.3 Å². The Balaban J connectivity index is 3.04. The van der Waals surface area contributed by atoms with Crippen molar-refractivity contribution in [1.29, 1.82) is 0 Å². The van der Waals surface area contributed by atoms with Gasteiger partial charge < -0.3 is 0 Å². The first-order chi connectivity index (χ1) is 11.8. The second kappa shape index (κ2) is 21.0. The van der Waals surface area contributed by atoms with Crippen LogP contribution in [0.1, 0.15) is 110 Å². The maximum atomic E-state index is 11.4. The molecular formula is C21H43NOSe. The van der Waals surface area contributed by atoms with Gasteiger partial charge in [0, 0.05) is 0 Å². The van der Waals surface area contributed by atoms with Gasteiger partial charge in [0.15, 0.2) is 0 Å². The van der Waals surface area contributed by atoms with Gasteiger partial charge in [-0.1, -0.05) is 13.3 Å². The average Bonchev–Trinajstić information content (AvgIpc) is 2.59. The Morgan fingerprint density at radius 2 is 1.17 bits per heavy atom. The first kappa shape index (κ1) is 24.0. The molecule has 0 aromatic heterocycles. The van der Waals surface area contributed by atoms with Crippen LogP contribution < -0.4 is 5.32 Å². The van der Waals surface area contributed by atoms with Crippen LogP contribution in [0.5, 0.6) is 0 Å². The number of hydrogen-bond donors (Lipinski definition) is 1. The molecule has 144 valence electrons. The van der Waals surface area contributed by atoms with Gasteiger partial charge in [0.05, 0.1) is 0 Å². The van der Waals surface area contributed by atoms with Crippen LogP contribution in [0, 0.1) is 0 Å². The molecule has 0 radical (unpaired) electrons. The fourth-order valence-electron chi connectivity index (χ4n) is 2.84. The summed E-state index contributed by atoms with van der Waals surface area (Å²) in [5.74, 6) is 0.248. The number of rotatable bonds is 19. The van der Waals surface area contributed by atoms with E-state index in [1.165, 1.54) is 87.7 Å². The first-order valence-corrected chi connectivity index (χ1v) is 13.1. The SMILES string of the molecule is CCCCCCCCCCCCCC[Se]CCNC(=O)CCCC. The van der Waals surface area contributed by atoms with Crippen LogP contribution in [0.15, 0.2) is 0 Å². The second-order valence-corrected chi connectivity index (χ2v) is 9.52. The van der Waals surface area contributed by atoms with Crippen molar-refractivity contribution in [3.8, 4) is 0 Å². The normalized spacial score (nSPS) is 10.9. The van der Waals surface area contributed by atoms with Gasteiger partial charge in [-0.15, -0.1) is 0 Å². The summed E-state index contributed by atoms with van der Waals surface area (Å²) in [6.07, 6.45) is 20.0. The van der Waals surface area contributed by atoms with Crippen LogP contribution in [0.3, 0.4) is 0 Å². The molecule has 0 bridgehead atoms. The molecule has 3 heteroatoms. The first-order valence-electron chi connectivity index (χ1n) is 10.7. The van der Waals surface area contributed by atoms with Gasteiger partial charge in [0.1, 0.15) is 0 Å². The summed E-state index contributed by atoms with van der Waals surface area (Å²) in [5.41, 5.74) is 0. The number of unbranched alkanes of at least 4 members (excludes halogenated alkanes) is 12. The molecule has 0 saturated carbocycles. The van der Waals surface area contributed by atoms with E-state index in [9.17, 15) is 4.79 Å². The van der Waals surface area contributed by atoms with Crippen molar-refractivity contribution in [2.75, 3.05) is 6.54 Å². The molecule has 0 aliphatic rings. The summed E-state index contributed by atoms with van der Waals surface area (Å²) in [6, 6.07) is 0. The minimum absolute atomic E-state index is 0.248. The molecule has 0 aromatic rings. The molecule has 0 heterocycles. The zero-order valence-corrected chi connectivity index (χ0v) is 18.3. The zero-order chi connectivity index (χ0) is 17.7. The van der Waals surface area contributed by atoms with Crippen molar-refractivity contribution in [2.45, 2.75) is 121 Å². The van der Waals surface area contributed by atoms with Crippen LogP contribution in [0.4, 0.5) is 0 Å². The van der Waals surface area contributed by atoms with Crippen molar-refractivity contribution in [3.05, 3.63) is 0 Å². The maximum absolute atomic E-state index is 11.4. The third kappa shape index (κ3) is 20.0. The van der Waals surface area contributed by atoms with Gasteiger partial charge in [0.2, 0.25) is 0 Å². The Bertz CT molecular complexity index is 258. The van der Waals surface area contributed by atoms with E-state index >= 15 is 0 Å². The second-order valence-electron chi connectivity index (χ2n) is 6.95. The molecule has 0 atom stereocenters. The van der Waals surface area contributed by atoms with E-state index in [-0.39, 0.29) is 5.91 Å². The molecule has 1 N–H and O–H groups in total. The summed E-state index contributed by atoms with van der Waals surface area (Å²) >= 11 is 0.733. The van der Waals surface area contributed by atoms with E-state index in [1.807, 2.05) is 0 Å². The van der Waals surface area contributed by atoms with E-state index in [2.05, 4.69) is 19.2 Å². The quantitative estimate of drug-likeness (QED) is 0.192. The summed E-state index contributed by atoms with van der Waals surface area (Å²) in [7, 11) is 0. The monoisotopic (exact) mass is 405 g/mol. The topological polar surface area (TPSA) is 29.1 Å². The van der Waals surface area contributed by atoms with Gasteiger partial charge >= 0.3 is 145 Å². The molecule has 0 rings (SSSR count). The minimum atomic E-state index is 0.248. The molecular weight excluding hydrogens is 361 g/mol. The number of hydrogen-bond acceptors (Lipinski definition) is 1. The number of nitrogens with one attached hydrogen (secondary N) is 1. The van der Waals surface area contributed by atoms with Crippen LogP contribution >= 0.6 is 0 Å². The predicted octanol–water partition coefficient (Wildman–Crippen LogP) is 6.53. The fourth-order valence-corrected chi connectivity index (χ4v) is 4.64. The van der Waals surface area contributed by atoms with E-state index in [0.29, 0.717) is 6.42 Å². The zero-order valence-electron chi connectivity index (χ0n) is 16.5. The summed E-state index contributed by atoms with van der Waals surface area (Å²) in [4.78, 5) is 11.4. The van der Waals surface area contributed by atoms with Crippen molar-refractivity contribution in [3.63, 3.8) is 0 Å². The van der Waals surface area contributed by atoms with Crippen molar-refractivity contribution < 1.29 is 4.79 Å². The molecule has 0 aliphatic carbocycles. The molecule has 0 aliphatic heterocycles. The fraction of sp³-hybridized carbons (Fsp3) is 0.952. The van der Waals surface area contributed by atoms with Gasteiger partial charge in [0.25, 0.3) is 0 Å². The Kier molecular flexibility index (Phi) is 21.0. The average molecular weight is 405 g/mol. The van der Waals surface area contributed by atoms with Crippen LogP contribution in [-0.4, -0.2) is 27.4 Å². The van der Waals surface area contributed by atoms with Gasteiger partial charge in [-0.25, -0.2) is 0 Å². The molecule has 0 fully saturated rings. The molecule has 0 saturated heterocycles. The van der Waals surface area contributed by atoms with Crippen LogP contribution in [0.25, 0.3) is 0 Å². The van der Waals surface area contributed by atoms with E-state index in [1.54, 1.807) is 0 Å².